The van der Waals surface area contributed by atoms with Gasteiger partial charge in [0.05, 0.1) is 0 Å². The number of unbranched alkanes of at least 4 members (excludes halogenated alkanes) is 48. The van der Waals surface area contributed by atoms with Gasteiger partial charge in [-0.05, 0) is 264 Å². The van der Waals surface area contributed by atoms with Crippen molar-refractivity contribution >= 4 is 129 Å². The summed E-state index contributed by atoms with van der Waals surface area (Å²) in [7, 11) is 0. The Morgan fingerprint density at radius 3 is 0.474 bits per heavy atom. The summed E-state index contributed by atoms with van der Waals surface area (Å²) >= 11 is 0. The lowest BCUT2D eigenvalue weighted by atomic mass is 9.72. The van der Waals surface area contributed by atoms with Crippen molar-refractivity contribution in [2.75, 3.05) is 0 Å². The lowest BCUT2D eigenvalue weighted by Gasteiger charge is -2.30. The molecule has 0 saturated heterocycles. The molecule has 14 aromatic rings. The van der Waals surface area contributed by atoms with Crippen LogP contribution in [0, 0.1) is 11.8 Å². The maximum atomic E-state index is 3.99. The minimum Gasteiger partial charge on any atom is -0.0654 e. The molecule has 14 rings (SSSR count). The molecule has 0 bridgehead atoms. The van der Waals surface area contributed by atoms with E-state index in [0.29, 0.717) is 0 Å². The average molecular weight is 1550 g/mol. The first-order valence-electron chi connectivity index (χ1n) is 50.4. The Bertz CT molecular complexity index is 5010. The average Bonchev–Trinajstić information content (AvgIpc) is 0.642. The molecule has 0 unspecified atom stereocenters. The van der Waals surface area contributed by atoms with E-state index in [0.717, 1.165) is 49.7 Å². The van der Waals surface area contributed by atoms with E-state index >= 15 is 0 Å². The molecule has 0 aliphatic carbocycles. The van der Waals surface area contributed by atoms with E-state index in [1.165, 1.54) is 450 Å². The fourth-order valence-electron chi connectivity index (χ4n) is 22.1. The minimum absolute atomic E-state index is 1.12. The highest BCUT2D eigenvalue weighted by Crippen LogP contribution is 2.61. The molecular weight excluding hydrogens is 1390 g/mol. The summed E-state index contributed by atoms with van der Waals surface area (Å²) in [5.74, 6) is 7.84. The Hall–Kier alpha value is -6.68. The summed E-state index contributed by atoms with van der Waals surface area (Å²) in [5, 5.41) is 36.5. The number of hydrogen-bond acceptors (Lipinski definition) is 0. The Morgan fingerprint density at radius 1 is 0.138 bits per heavy atom. The van der Waals surface area contributed by atoms with E-state index in [1.807, 2.05) is 0 Å². The topological polar surface area (TPSA) is 0 Å². The zero-order valence-electron chi connectivity index (χ0n) is 74.7. The molecule has 0 aliphatic rings. The molecule has 14 aromatic carbocycles. The van der Waals surface area contributed by atoms with Gasteiger partial charge in [-0.3, -0.25) is 0 Å². The van der Waals surface area contributed by atoms with Gasteiger partial charge >= 0.3 is 0 Å². The van der Waals surface area contributed by atoms with E-state index in [-0.39, 0.29) is 0 Å². The van der Waals surface area contributed by atoms with E-state index in [9.17, 15) is 0 Å². The highest BCUT2D eigenvalue weighted by Gasteiger charge is 2.33. The molecule has 0 saturated carbocycles. The van der Waals surface area contributed by atoms with E-state index in [2.05, 4.69) is 150 Å². The second kappa shape index (κ2) is 44.6. The summed E-state index contributed by atoms with van der Waals surface area (Å²) in [5.41, 5.74) is 11.4. The molecule has 0 radical (unpaired) electrons. The van der Waals surface area contributed by atoms with Crippen molar-refractivity contribution in [3.63, 3.8) is 0 Å². The van der Waals surface area contributed by atoms with Crippen molar-refractivity contribution in [3.8, 4) is 11.8 Å². The van der Waals surface area contributed by atoms with Crippen LogP contribution in [-0.2, 0) is 38.5 Å². The van der Waals surface area contributed by atoms with Gasteiger partial charge in [0, 0.05) is 11.1 Å². The van der Waals surface area contributed by atoms with Gasteiger partial charge in [0.25, 0.3) is 0 Å². The SMILES string of the molecule is CCCCCCCCCCCCc1cc2c3cc(C#Cc4ccc(CCCCCC)cc4)cc4c5cc(CCCCCCCCCCCC)cc6c7cc(CCCCCCCCCCCC)cc8c9cc(CCCCCCCCCCCC)cc%10c%11cc(CCCCCCCCCCCC)cc%12c(c1)c2c1c(c34)c(c56)c(c78)c(c%109)c1c%12%11. The van der Waals surface area contributed by atoms with Gasteiger partial charge in [-0.2, -0.15) is 0 Å². The van der Waals surface area contributed by atoms with E-state index < -0.39 is 0 Å². The Balaban J connectivity index is 0.993. The highest BCUT2D eigenvalue weighted by molar-refractivity contribution is 6.61. The standard InChI is InChI=1S/C116H154/c1-7-13-19-25-30-35-40-45-50-56-62-87-73-93-95-75-88(63-57-51-46-41-36-31-26-20-14-8-2)77-97-99-79-90(65-59-53-48-43-38-33-28-22-16-10-4)81-101-103-83-92(72-71-86-69-67-85(68-70-86)61-55-24-18-12-6)84-104-102-82-91(66-60-54-49-44-39-34-29-23-17-11-5)80-100-98-78-89(64-58-52-47-42-37-32-27-21-15-9-3)76-96-94(74-87)105(93)111-112(106(95)97)114(108(99)101)116(110(103)104)115(109(100)102)113(111)107(96)98/h67-70,73-84H,7-66H2,1-6H3. The van der Waals surface area contributed by atoms with Crippen LogP contribution < -0.4 is 0 Å². The lowest BCUT2D eigenvalue weighted by Crippen LogP contribution is -2.03. The zero-order valence-corrected chi connectivity index (χ0v) is 74.7. The van der Waals surface area contributed by atoms with Crippen LogP contribution >= 0.6 is 0 Å². The molecule has 0 nitrogen and oxygen atoms in total. The molecule has 116 heavy (non-hydrogen) atoms. The van der Waals surface area contributed by atoms with Crippen molar-refractivity contribution in [1.82, 2.24) is 0 Å². The van der Waals surface area contributed by atoms with Crippen LogP contribution in [0.3, 0.4) is 0 Å². The van der Waals surface area contributed by atoms with Gasteiger partial charge < -0.3 is 0 Å². The van der Waals surface area contributed by atoms with Gasteiger partial charge in [0.2, 0.25) is 0 Å². The fraction of sp³-hybridized carbons (Fsp3) is 0.569. The van der Waals surface area contributed by atoms with Crippen molar-refractivity contribution in [2.24, 2.45) is 0 Å². The van der Waals surface area contributed by atoms with Crippen LogP contribution in [0.15, 0.2) is 97.1 Å². The molecule has 0 fully saturated rings. The Labute approximate surface area is 704 Å². The molecule has 618 valence electrons. The monoisotopic (exact) mass is 1550 g/mol. The summed E-state index contributed by atoms with van der Waals surface area (Å²) in [6.07, 6.45) is 80.1. The number of rotatable bonds is 60. The molecule has 0 spiro atoms. The second-order valence-corrected chi connectivity index (χ2v) is 37.9. The second-order valence-electron chi connectivity index (χ2n) is 37.9. The molecule has 0 heterocycles. The van der Waals surface area contributed by atoms with Gasteiger partial charge in [-0.25, -0.2) is 0 Å². The fourth-order valence-corrected chi connectivity index (χ4v) is 22.1. The summed E-state index contributed by atoms with van der Waals surface area (Å²) < 4.78 is 0. The third-order valence-electron chi connectivity index (χ3n) is 28.6. The predicted octanol–water partition coefficient (Wildman–Crippen LogP) is 38.0. The zero-order chi connectivity index (χ0) is 79.6. The van der Waals surface area contributed by atoms with E-state index in [4.69, 9.17) is 0 Å². The normalized spacial score (nSPS) is 12.5. The molecule has 0 aliphatic heterocycles. The van der Waals surface area contributed by atoms with E-state index in [1.54, 1.807) is 59.8 Å². The summed E-state index contributed by atoms with van der Waals surface area (Å²) in [4.78, 5) is 0. The number of benzene rings is 14. The third kappa shape index (κ3) is 20.7. The van der Waals surface area contributed by atoms with Crippen LogP contribution in [0.5, 0.6) is 0 Å². The lowest BCUT2D eigenvalue weighted by molar-refractivity contribution is 0.556. The van der Waals surface area contributed by atoms with Crippen molar-refractivity contribution in [2.45, 2.75) is 427 Å². The minimum atomic E-state index is 1.12. The largest absolute Gasteiger partial charge is 0.0654 e. The summed E-state index contributed by atoms with van der Waals surface area (Å²) in [6, 6.07) is 42.5. The van der Waals surface area contributed by atoms with Gasteiger partial charge in [0.1, 0.15) is 0 Å². The Kier molecular flexibility index (Phi) is 32.9. The van der Waals surface area contributed by atoms with Crippen LogP contribution in [0.25, 0.3) is 129 Å². The molecular formula is C116H154. The molecule has 0 heteroatoms. The van der Waals surface area contributed by atoms with Crippen LogP contribution in [0.1, 0.15) is 433 Å². The van der Waals surface area contributed by atoms with Crippen LogP contribution in [0.4, 0.5) is 0 Å². The predicted molar refractivity (Wildman–Crippen MR) is 522 cm³/mol. The quantitative estimate of drug-likeness (QED) is 0.0154. The van der Waals surface area contributed by atoms with Gasteiger partial charge in [-0.15, -0.1) is 0 Å². The maximum Gasteiger partial charge on any atom is 0.0261 e. The Morgan fingerprint density at radius 2 is 0.284 bits per heavy atom. The van der Waals surface area contributed by atoms with Crippen molar-refractivity contribution < 1.29 is 0 Å². The van der Waals surface area contributed by atoms with Crippen LogP contribution in [-0.4, -0.2) is 0 Å². The first-order valence-corrected chi connectivity index (χ1v) is 50.4. The number of fused-ring (bicyclic) bond motifs is 6. The van der Waals surface area contributed by atoms with Gasteiger partial charge in [0.15, 0.2) is 0 Å². The highest BCUT2D eigenvalue weighted by atomic mass is 14.4. The first-order chi connectivity index (χ1) is 57.4. The molecule has 0 atom stereocenters. The maximum absolute atomic E-state index is 3.99. The third-order valence-corrected chi connectivity index (χ3v) is 28.6. The number of aryl methyl sites for hydroxylation is 6. The molecule has 0 aromatic heterocycles. The molecule has 0 amide bonds. The number of hydrogen-bond donors (Lipinski definition) is 0. The smallest absolute Gasteiger partial charge is 0.0261 e. The van der Waals surface area contributed by atoms with Crippen molar-refractivity contribution in [1.29, 1.82) is 0 Å². The van der Waals surface area contributed by atoms with Crippen LogP contribution in [0.2, 0.25) is 0 Å². The summed E-state index contributed by atoms with van der Waals surface area (Å²) in [6.45, 7) is 14.1. The molecule has 0 N–H and O–H groups in total. The van der Waals surface area contributed by atoms with Gasteiger partial charge in [-0.1, -0.05) is 434 Å². The van der Waals surface area contributed by atoms with Crippen molar-refractivity contribution in [3.05, 3.63) is 142 Å². The first kappa shape index (κ1) is 85.7.